The van der Waals surface area contributed by atoms with Gasteiger partial charge in [-0.15, -0.1) is 0 Å². The summed E-state index contributed by atoms with van der Waals surface area (Å²) in [4.78, 5) is 2.59. The summed E-state index contributed by atoms with van der Waals surface area (Å²) in [7, 11) is -2.98. The molecule has 0 aliphatic carbocycles. The van der Waals surface area contributed by atoms with E-state index in [1.165, 1.54) is 25.9 Å². The normalized spacial score (nSPS) is 25.8. The van der Waals surface area contributed by atoms with Crippen molar-refractivity contribution in [2.45, 2.75) is 43.9 Å². The highest BCUT2D eigenvalue weighted by molar-refractivity contribution is 7.99. The molecule has 6 heteroatoms. The number of nitrogens with zero attached hydrogens (tertiary/aromatic N) is 2. The van der Waals surface area contributed by atoms with Crippen molar-refractivity contribution in [3.05, 3.63) is 0 Å². The highest BCUT2D eigenvalue weighted by atomic mass is 32.2. The van der Waals surface area contributed by atoms with Gasteiger partial charge in [0.25, 0.3) is 0 Å². The van der Waals surface area contributed by atoms with Crippen LogP contribution in [0.2, 0.25) is 0 Å². The zero-order valence-corrected chi connectivity index (χ0v) is 13.7. The Labute approximate surface area is 122 Å². The molecule has 2 fully saturated rings. The van der Waals surface area contributed by atoms with Gasteiger partial charge < -0.3 is 4.90 Å². The van der Waals surface area contributed by atoms with E-state index in [1.807, 2.05) is 11.8 Å². The summed E-state index contributed by atoms with van der Waals surface area (Å²) in [5.41, 5.74) is 0. The second kappa shape index (κ2) is 6.78. The number of hydrogen-bond donors (Lipinski definition) is 0. The number of thioether (sulfide) groups is 1. The van der Waals surface area contributed by atoms with Crippen LogP contribution in [0.4, 0.5) is 0 Å². The molecule has 0 aromatic rings. The Bertz CT molecular complexity index is 370. The van der Waals surface area contributed by atoms with E-state index in [0.29, 0.717) is 19.1 Å². The number of sulfonamides is 1. The lowest BCUT2D eigenvalue weighted by atomic mass is 10.0. The Morgan fingerprint density at radius 1 is 1.05 bits per heavy atom. The van der Waals surface area contributed by atoms with Gasteiger partial charge in [0.2, 0.25) is 10.0 Å². The summed E-state index contributed by atoms with van der Waals surface area (Å²) in [5.74, 6) is 0.233. The molecule has 0 atom stereocenters. The zero-order chi connectivity index (χ0) is 13.9. The van der Waals surface area contributed by atoms with Gasteiger partial charge in [-0.3, -0.25) is 0 Å². The number of likely N-dealkylation sites (tertiary alicyclic amines) is 1. The molecular weight excluding hydrogens is 280 g/mol. The summed E-state index contributed by atoms with van der Waals surface area (Å²) in [5, 5.41) is 0.830. The predicted molar refractivity (Wildman–Crippen MR) is 82.2 cm³/mol. The molecule has 0 bridgehead atoms. The molecule has 2 aliphatic heterocycles. The van der Waals surface area contributed by atoms with E-state index in [9.17, 15) is 8.42 Å². The van der Waals surface area contributed by atoms with Crippen molar-refractivity contribution >= 4 is 21.8 Å². The van der Waals surface area contributed by atoms with Crippen molar-refractivity contribution in [1.29, 1.82) is 0 Å². The minimum absolute atomic E-state index is 0.233. The van der Waals surface area contributed by atoms with Gasteiger partial charge in [-0.2, -0.15) is 11.8 Å². The van der Waals surface area contributed by atoms with Crippen LogP contribution in [0.3, 0.4) is 0 Å². The fourth-order valence-electron chi connectivity index (χ4n) is 3.14. The first-order valence-corrected chi connectivity index (χ1v) is 10.2. The summed E-state index contributed by atoms with van der Waals surface area (Å²) >= 11 is 1.99. The van der Waals surface area contributed by atoms with Gasteiger partial charge in [0.05, 0.1) is 5.75 Å². The Morgan fingerprint density at radius 3 is 2.11 bits per heavy atom. The number of rotatable bonds is 4. The fraction of sp³-hybridized carbons (Fsp3) is 1.00. The Balaban J connectivity index is 1.81. The Kier molecular flexibility index (Phi) is 5.57. The molecule has 0 aromatic carbocycles. The van der Waals surface area contributed by atoms with Gasteiger partial charge in [-0.25, -0.2) is 12.7 Å². The van der Waals surface area contributed by atoms with Gasteiger partial charge in [0.1, 0.15) is 0 Å². The Hall–Kier alpha value is 0.220. The maximum atomic E-state index is 11.8. The molecule has 0 spiro atoms. The van der Waals surface area contributed by atoms with E-state index in [0.717, 1.165) is 18.1 Å². The molecule has 2 heterocycles. The van der Waals surface area contributed by atoms with Crippen LogP contribution in [0.25, 0.3) is 0 Å². The minimum atomic E-state index is -2.98. The molecule has 0 unspecified atom stereocenters. The van der Waals surface area contributed by atoms with E-state index in [-0.39, 0.29) is 5.75 Å². The minimum Gasteiger partial charge on any atom is -0.300 e. The van der Waals surface area contributed by atoms with Crippen molar-refractivity contribution in [3.63, 3.8) is 0 Å². The van der Waals surface area contributed by atoms with E-state index >= 15 is 0 Å². The van der Waals surface area contributed by atoms with Crippen LogP contribution in [0.1, 0.15) is 32.6 Å². The molecule has 0 aromatic heterocycles. The summed E-state index contributed by atoms with van der Waals surface area (Å²) < 4.78 is 25.3. The molecule has 2 rings (SSSR count). The van der Waals surface area contributed by atoms with Crippen LogP contribution in [0.15, 0.2) is 0 Å². The van der Waals surface area contributed by atoms with Crippen molar-refractivity contribution in [2.24, 2.45) is 0 Å². The van der Waals surface area contributed by atoms with Crippen LogP contribution in [0, 0.1) is 0 Å². The van der Waals surface area contributed by atoms with Gasteiger partial charge in [0, 0.05) is 24.4 Å². The van der Waals surface area contributed by atoms with Crippen molar-refractivity contribution in [2.75, 3.05) is 38.2 Å². The van der Waals surface area contributed by atoms with Gasteiger partial charge in [-0.05, 0) is 52.0 Å². The highest BCUT2D eigenvalue weighted by Gasteiger charge is 2.31. The molecule has 4 nitrogen and oxygen atoms in total. The van der Waals surface area contributed by atoms with E-state index in [1.54, 1.807) is 11.2 Å². The van der Waals surface area contributed by atoms with Crippen LogP contribution >= 0.6 is 11.8 Å². The lowest BCUT2D eigenvalue weighted by Crippen LogP contribution is -2.49. The number of piperidine rings is 2. The predicted octanol–water partition coefficient (Wildman–Crippen LogP) is 1.63. The second-order valence-electron chi connectivity index (χ2n) is 5.50. The maximum Gasteiger partial charge on any atom is 0.213 e. The fourth-order valence-corrected chi connectivity index (χ4v) is 4.96. The number of hydrogen-bond acceptors (Lipinski definition) is 4. The SMILES string of the molecule is CCS(=O)(=O)N1CCC(N2CCC(SC)CC2)CC1. The first-order chi connectivity index (χ1) is 9.06. The van der Waals surface area contributed by atoms with Gasteiger partial charge >= 0.3 is 0 Å². The Morgan fingerprint density at radius 2 is 1.63 bits per heavy atom. The molecule has 0 N–H and O–H groups in total. The monoisotopic (exact) mass is 306 g/mol. The van der Waals surface area contributed by atoms with Gasteiger partial charge in [-0.1, -0.05) is 0 Å². The smallest absolute Gasteiger partial charge is 0.213 e. The largest absolute Gasteiger partial charge is 0.300 e. The summed E-state index contributed by atoms with van der Waals surface area (Å²) in [6.45, 7) is 5.54. The quantitative estimate of drug-likeness (QED) is 0.791. The van der Waals surface area contributed by atoms with Crippen molar-refractivity contribution < 1.29 is 8.42 Å². The third kappa shape index (κ3) is 3.86. The zero-order valence-electron chi connectivity index (χ0n) is 12.0. The third-order valence-corrected chi connectivity index (χ3v) is 7.53. The van der Waals surface area contributed by atoms with Crippen LogP contribution in [0.5, 0.6) is 0 Å². The second-order valence-corrected chi connectivity index (χ2v) is 8.90. The first-order valence-electron chi connectivity index (χ1n) is 7.31. The maximum absolute atomic E-state index is 11.8. The molecular formula is C13H26N2O2S2. The third-order valence-electron chi connectivity index (χ3n) is 4.51. The van der Waals surface area contributed by atoms with Crippen LogP contribution < -0.4 is 0 Å². The molecule has 0 radical (unpaired) electrons. The summed E-state index contributed by atoms with van der Waals surface area (Å²) in [6, 6.07) is 0.603. The van der Waals surface area contributed by atoms with Crippen molar-refractivity contribution in [3.8, 4) is 0 Å². The van der Waals surface area contributed by atoms with E-state index < -0.39 is 10.0 Å². The molecule has 2 saturated heterocycles. The molecule has 19 heavy (non-hydrogen) atoms. The first kappa shape index (κ1) is 15.6. The topological polar surface area (TPSA) is 40.6 Å². The van der Waals surface area contributed by atoms with Gasteiger partial charge in [0.15, 0.2) is 0 Å². The van der Waals surface area contributed by atoms with Crippen molar-refractivity contribution in [1.82, 2.24) is 9.21 Å². The molecule has 112 valence electrons. The standard InChI is InChI=1S/C13H26N2O2S2/c1-3-19(16,17)15-10-4-12(5-11-15)14-8-6-13(18-2)7-9-14/h12-13H,3-11H2,1-2H3. The van der Waals surface area contributed by atoms with E-state index in [4.69, 9.17) is 0 Å². The highest BCUT2D eigenvalue weighted by Crippen LogP contribution is 2.26. The lowest BCUT2D eigenvalue weighted by molar-refractivity contribution is 0.120. The lowest BCUT2D eigenvalue weighted by Gasteiger charge is -2.41. The van der Waals surface area contributed by atoms with E-state index in [2.05, 4.69) is 11.2 Å². The summed E-state index contributed by atoms with van der Waals surface area (Å²) in [6.07, 6.45) is 6.78. The molecule has 2 aliphatic rings. The van der Waals surface area contributed by atoms with Crippen LogP contribution in [-0.2, 0) is 10.0 Å². The average molecular weight is 306 g/mol. The van der Waals surface area contributed by atoms with Crippen LogP contribution in [-0.4, -0.2) is 67.1 Å². The average Bonchev–Trinajstić information content (AvgIpc) is 2.47. The molecule has 0 amide bonds. The molecule has 0 saturated carbocycles.